The summed E-state index contributed by atoms with van der Waals surface area (Å²) in [5, 5.41) is 13.5. The summed E-state index contributed by atoms with van der Waals surface area (Å²) in [4.78, 5) is 29.5. The Hall–Kier alpha value is -3.48. The van der Waals surface area contributed by atoms with Crippen LogP contribution in [-0.4, -0.2) is 20.8 Å². The molecular weight excluding hydrogens is 296 g/mol. The van der Waals surface area contributed by atoms with Crippen LogP contribution in [0.4, 0.5) is 11.6 Å². The fourth-order valence-electron chi connectivity index (χ4n) is 2.13. The average Bonchev–Trinajstić information content (AvgIpc) is 2.95. The van der Waals surface area contributed by atoms with Crippen molar-refractivity contribution in [2.24, 2.45) is 0 Å². The van der Waals surface area contributed by atoms with Crippen molar-refractivity contribution in [3.05, 3.63) is 70.3 Å². The van der Waals surface area contributed by atoms with Gasteiger partial charge < -0.3 is 4.98 Å². The molecule has 7 heteroatoms. The van der Waals surface area contributed by atoms with Crippen LogP contribution in [0.5, 0.6) is 0 Å². The second kappa shape index (κ2) is 6.10. The Morgan fingerprint density at radius 3 is 2.70 bits per heavy atom. The largest absolute Gasteiger partial charge is 0.324 e. The van der Waals surface area contributed by atoms with Crippen molar-refractivity contribution < 1.29 is 9.72 Å². The number of hydrogen-bond donors (Lipinski definition) is 2. The molecule has 2 N–H and O–H groups in total. The SMILES string of the molecule is O=C(C=Cc1ccccc1[N+](=O)[O-])Nc1nc2ccccc2[nH]1. The van der Waals surface area contributed by atoms with Crippen LogP contribution in [0.2, 0.25) is 0 Å². The highest BCUT2D eigenvalue weighted by molar-refractivity contribution is 6.01. The molecule has 0 spiro atoms. The van der Waals surface area contributed by atoms with Gasteiger partial charge in [0, 0.05) is 12.1 Å². The first-order valence-corrected chi connectivity index (χ1v) is 6.81. The summed E-state index contributed by atoms with van der Waals surface area (Å²) in [6.45, 7) is 0. The van der Waals surface area contributed by atoms with E-state index in [0.29, 0.717) is 11.5 Å². The van der Waals surface area contributed by atoms with Crippen molar-refractivity contribution in [2.75, 3.05) is 5.32 Å². The predicted octanol–water partition coefficient (Wildman–Crippen LogP) is 3.12. The molecule has 3 rings (SSSR count). The highest BCUT2D eigenvalue weighted by Gasteiger charge is 2.10. The molecule has 1 aromatic heterocycles. The Labute approximate surface area is 130 Å². The zero-order chi connectivity index (χ0) is 16.2. The number of rotatable bonds is 4. The van der Waals surface area contributed by atoms with Gasteiger partial charge in [0.1, 0.15) is 0 Å². The highest BCUT2D eigenvalue weighted by atomic mass is 16.6. The van der Waals surface area contributed by atoms with Gasteiger partial charge in [0.25, 0.3) is 11.6 Å². The lowest BCUT2D eigenvalue weighted by atomic mass is 10.1. The van der Waals surface area contributed by atoms with Crippen molar-refractivity contribution in [1.29, 1.82) is 0 Å². The number of fused-ring (bicyclic) bond motifs is 1. The number of carbonyl (C=O) groups excluding carboxylic acids is 1. The number of amides is 1. The number of hydrogen-bond acceptors (Lipinski definition) is 4. The first-order valence-electron chi connectivity index (χ1n) is 6.81. The van der Waals surface area contributed by atoms with E-state index >= 15 is 0 Å². The number of nitrogens with one attached hydrogen (secondary N) is 2. The normalized spacial score (nSPS) is 11.0. The van der Waals surface area contributed by atoms with Crippen LogP contribution >= 0.6 is 0 Å². The molecule has 0 aliphatic carbocycles. The molecule has 0 saturated carbocycles. The number of nitrogens with zero attached hydrogens (tertiary/aromatic N) is 2. The van der Waals surface area contributed by atoms with Gasteiger partial charge in [-0.1, -0.05) is 24.3 Å². The number of carbonyl (C=O) groups is 1. The van der Waals surface area contributed by atoms with E-state index in [1.807, 2.05) is 24.3 Å². The van der Waals surface area contributed by atoms with E-state index in [0.717, 1.165) is 11.0 Å². The number of H-pyrrole nitrogens is 1. The standard InChI is InChI=1S/C16H12N4O3/c21-15(10-9-11-5-1-4-8-14(11)20(22)23)19-16-17-12-6-2-3-7-13(12)18-16/h1-10H,(H2,17,18,19,21). The Balaban J connectivity index is 1.75. The molecule has 0 fully saturated rings. The molecule has 1 amide bonds. The molecule has 1 heterocycles. The van der Waals surface area contributed by atoms with Gasteiger partial charge in [-0.3, -0.25) is 20.2 Å². The monoisotopic (exact) mass is 308 g/mol. The van der Waals surface area contributed by atoms with Gasteiger partial charge in [-0.15, -0.1) is 0 Å². The lowest BCUT2D eigenvalue weighted by molar-refractivity contribution is -0.385. The maximum atomic E-state index is 11.9. The van der Waals surface area contributed by atoms with E-state index < -0.39 is 10.8 Å². The van der Waals surface area contributed by atoms with Crippen molar-refractivity contribution in [2.45, 2.75) is 0 Å². The summed E-state index contributed by atoms with van der Waals surface area (Å²) in [7, 11) is 0. The average molecular weight is 308 g/mol. The minimum atomic E-state index is -0.489. The van der Waals surface area contributed by atoms with Gasteiger partial charge in [-0.2, -0.15) is 0 Å². The smallest absolute Gasteiger partial charge is 0.276 e. The molecule has 3 aromatic rings. The summed E-state index contributed by atoms with van der Waals surface area (Å²) in [6.07, 6.45) is 2.63. The van der Waals surface area contributed by atoms with E-state index in [2.05, 4.69) is 15.3 Å². The van der Waals surface area contributed by atoms with Crippen molar-refractivity contribution in [3.8, 4) is 0 Å². The van der Waals surface area contributed by atoms with Gasteiger partial charge in [-0.25, -0.2) is 4.98 Å². The molecule has 7 nitrogen and oxygen atoms in total. The number of imidazole rings is 1. The van der Waals surface area contributed by atoms with Crippen LogP contribution in [0.25, 0.3) is 17.1 Å². The van der Waals surface area contributed by atoms with E-state index in [-0.39, 0.29) is 5.69 Å². The highest BCUT2D eigenvalue weighted by Crippen LogP contribution is 2.19. The molecule has 0 saturated heterocycles. The fourth-order valence-corrected chi connectivity index (χ4v) is 2.13. The van der Waals surface area contributed by atoms with Gasteiger partial charge in [0.05, 0.1) is 21.5 Å². The second-order valence-corrected chi connectivity index (χ2v) is 4.74. The molecule has 0 atom stereocenters. The predicted molar refractivity (Wildman–Crippen MR) is 86.9 cm³/mol. The third-order valence-corrected chi connectivity index (χ3v) is 3.18. The zero-order valence-corrected chi connectivity index (χ0v) is 11.9. The molecule has 114 valence electrons. The summed E-state index contributed by atoms with van der Waals surface area (Å²) in [5.74, 6) is -0.106. The van der Waals surface area contributed by atoms with Crippen LogP contribution in [0.15, 0.2) is 54.6 Å². The maximum absolute atomic E-state index is 11.9. The third-order valence-electron chi connectivity index (χ3n) is 3.18. The zero-order valence-electron chi connectivity index (χ0n) is 11.9. The van der Waals surface area contributed by atoms with Crippen molar-refractivity contribution in [1.82, 2.24) is 9.97 Å². The van der Waals surface area contributed by atoms with E-state index in [4.69, 9.17) is 0 Å². The Morgan fingerprint density at radius 2 is 1.91 bits per heavy atom. The van der Waals surface area contributed by atoms with Crippen LogP contribution in [0, 0.1) is 10.1 Å². The second-order valence-electron chi connectivity index (χ2n) is 4.74. The minimum absolute atomic E-state index is 0.0553. The summed E-state index contributed by atoms with van der Waals surface area (Å²) in [5.41, 5.74) is 1.86. The van der Waals surface area contributed by atoms with Crippen molar-refractivity contribution >= 4 is 34.7 Å². The molecule has 2 aromatic carbocycles. The molecule has 0 bridgehead atoms. The molecule has 0 aliphatic heterocycles. The number of para-hydroxylation sites is 3. The lowest BCUT2D eigenvalue weighted by Crippen LogP contribution is -2.09. The topological polar surface area (TPSA) is 101 Å². The minimum Gasteiger partial charge on any atom is -0.324 e. The Bertz CT molecular complexity index is 881. The van der Waals surface area contributed by atoms with Gasteiger partial charge in [0.2, 0.25) is 5.95 Å². The van der Waals surface area contributed by atoms with E-state index in [9.17, 15) is 14.9 Å². The summed E-state index contributed by atoms with van der Waals surface area (Å²) >= 11 is 0. The Morgan fingerprint density at radius 1 is 1.17 bits per heavy atom. The summed E-state index contributed by atoms with van der Waals surface area (Å²) in [6, 6.07) is 13.6. The first kappa shape index (κ1) is 14.5. The Kier molecular flexibility index (Phi) is 3.84. The number of anilines is 1. The van der Waals surface area contributed by atoms with Crippen LogP contribution in [0.3, 0.4) is 0 Å². The van der Waals surface area contributed by atoms with Gasteiger partial charge in [-0.05, 0) is 24.3 Å². The fraction of sp³-hybridized carbons (Fsp3) is 0. The number of benzene rings is 2. The first-order chi connectivity index (χ1) is 11.1. The quantitative estimate of drug-likeness (QED) is 0.439. The van der Waals surface area contributed by atoms with E-state index in [1.165, 1.54) is 18.2 Å². The molecule has 0 aliphatic rings. The van der Waals surface area contributed by atoms with Crippen LogP contribution < -0.4 is 5.32 Å². The van der Waals surface area contributed by atoms with Gasteiger partial charge >= 0.3 is 0 Å². The van der Waals surface area contributed by atoms with Crippen LogP contribution in [0.1, 0.15) is 5.56 Å². The summed E-state index contributed by atoms with van der Waals surface area (Å²) < 4.78 is 0. The molecular formula is C16H12N4O3. The number of aromatic nitrogens is 2. The van der Waals surface area contributed by atoms with Gasteiger partial charge in [0.15, 0.2) is 0 Å². The number of nitro benzene ring substituents is 1. The molecule has 0 unspecified atom stereocenters. The van der Waals surface area contributed by atoms with E-state index in [1.54, 1.807) is 18.2 Å². The number of aromatic amines is 1. The molecule has 23 heavy (non-hydrogen) atoms. The third kappa shape index (κ3) is 3.24. The van der Waals surface area contributed by atoms with Crippen LogP contribution in [-0.2, 0) is 4.79 Å². The molecule has 0 radical (unpaired) electrons. The number of nitro groups is 1. The maximum Gasteiger partial charge on any atom is 0.276 e. The van der Waals surface area contributed by atoms with Crippen molar-refractivity contribution in [3.63, 3.8) is 0 Å². The lowest BCUT2D eigenvalue weighted by Gasteiger charge is -1.97.